The van der Waals surface area contributed by atoms with E-state index in [1.54, 1.807) is 0 Å². The first kappa shape index (κ1) is 15.9. The summed E-state index contributed by atoms with van der Waals surface area (Å²) in [6.07, 6.45) is -0.00199. The van der Waals surface area contributed by atoms with Gasteiger partial charge in [0.15, 0.2) is 11.6 Å². The van der Waals surface area contributed by atoms with Crippen LogP contribution in [0, 0.1) is 23.3 Å². The molecule has 0 radical (unpaired) electrons. The molecular weight excluding hydrogens is 352 g/mol. The van der Waals surface area contributed by atoms with Gasteiger partial charge in [0.1, 0.15) is 11.6 Å². The first-order valence-corrected chi connectivity index (χ1v) is 6.76. The molecule has 21 heavy (non-hydrogen) atoms. The largest absolute Gasteiger partial charge is 0.271 e. The van der Waals surface area contributed by atoms with Crippen molar-refractivity contribution in [2.45, 2.75) is 12.5 Å². The topological polar surface area (TPSA) is 38.0 Å². The molecule has 0 aliphatic rings. The number of nitrogens with two attached hydrogens (primary N) is 1. The Morgan fingerprint density at radius 3 is 2.29 bits per heavy atom. The Hall–Kier alpha value is -1.44. The van der Waals surface area contributed by atoms with Crippen LogP contribution in [0.15, 0.2) is 34.8 Å². The van der Waals surface area contributed by atoms with Gasteiger partial charge in [-0.1, -0.05) is 6.07 Å². The maximum absolute atomic E-state index is 14.0. The van der Waals surface area contributed by atoms with Crippen LogP contribution in [0.2, 0.25) is 0 Å². The van der Waals surface area contributed by atoms with Crippen molar-refractivity contribution in [3.63, 3.8) is 0 Å². The van der Waals surface area contributed by atoms with E-state index in [2.05, 4.69) is 21.4 Å². The van der Waals surface area contributed by atoms with Crippen LogP contribution in [-0.4, -0.2) is 0 Å². The zero-order valence-corrected chi connectivity index (χ0v) is 12.2. The molecule has 1 unspecified atom stereocenters. The molecule has 3 N–H and O–H groups in total. The second kappa shape index (κ2) is 6.55. The Morgan fingerprint density at radius 1 is 1.00 bits per heavy atom. The molecule has 0 aromatic heterocycles. The Kier molecular flexibility index (Phi) is 4.97. The van der Waals surface area contributed by atoms with E-state index in [0.29, 0.717) is 5.56 Å². The summed E-state index contributed by atoms with van der Waals surface area (Å²) >= 11 is 2.96. The third-order valence-corrected chi connectivity index (χ3v) is 3.67. The predicted molar refractivity (Wildman–Crippen MR) is 74.2 cm³/mol. The molecule has 2 aromatic rings. The molecule has 0 aliphatic heterocycles. The zero-order chi connectivity index (χ0) is 15.6. The van der Waals surface area contributed by atoms with Gasteiger partial charge >= 0.3 is 0 Å². The molecule has 2 aromatic carbocycles. The van der Waals surface area contributed by atoms with Crippen molar-refractivity contribution >= 4 is 15.9 Å². The fraction of sp³-hybridized carbons (Fsp3) is 0.143. The van der Waals surface area contributed by atoms with E-state index in [0.717, 1.165) is 18.2 Å². The predicted octanol–water partition coefficient (Wildman–Crippen LogP) is 3.75. The molecule has 112 valence electrons. The van der Waals surface area contributed by atoms with E-state index in [4.69, 9.17) is 5.84 Å². The highest BCUT2D eigenvalue weighted by Crippen LogP contribution is 2.28. The summed E-state index contributed by atoms with van der Waals surface area (Å²) in [7, 11) is 0. The Bertz CT molecular complexity index is 664. The van der Waals surface area contributed by atoms with Crippen molar-refractivity contribution in [1.29, 1.82) is 0 Å². The number of benzene rings is 2. The van der Waals surface area contributed by atoms with Gasteiger partial charge in [-0.15, -0.1) is 0 Å². The quantitative estimate of drug-likeness (QED) is 0.376. The number of hydrogen-bond acceptors (Lipinski definition) is 2. The normalized spacial score (nSPS) is 12.5. The summed E-state index contributed by atoms with van der Waals surface area (Å²) in [5, 5.41) is 0. The fourth-order valence-electron chi connectivity index (χ4n) is 2.01. The van der Waals surface area contributed by atoms with Crippen LogP contribution >= 0.6 is 15.9 Å². The van der Waals surface area contributed by atoms with Crippen LogP contribution < -0.4 is 11.3 Å². The van der Waals surface area contributed by atoms with Crippen molar-refractivity contribution in [1.82, 2.24) is 5.43 Å². The number of halogens is 5. The van der Waals surface area contributed by atoms with Gasteiger partial charge in [-0.3, -0.25) is 11.3 Å². The van der Waals surface area contributed by atoms with Gasteiger partial charge in [-0.2, -0.15) is 0 Å². The molecule has 2 nitrogen and oxygen atoms in total. The Labute approximate surface area is 127 Å². The van der Waals surface area contributed by atoms with Crippen molar-refractivity contribution in [3.05, 3.63) is 69.2 Å². The van der Waals surface area contributed by atoms with E-state index in [1.165, 1.54) is 12.1 Å². The van der Waals surface area contributed by atoms with Gasteiger partial charge in [-0.25, -0.2) is 17.6 Å². The molecule has 0 spiro atoms. The number of nitrogens with one attached hydrogen (secondary N) is 1. The first-order chi connectivity index (χ1) is 9.93. The molecule has 0 saturated carbocycles. The minimum atomic E-state index is -1.03. The van der Waals surface area contributed by atoms with Crippen LogP contribution in [0.5, 0.6) is 0 Å². The van der Waals surface area contributed by atoms with Gasteiger partial charge in [0.25, 0.3) is 0 Å². The number of hydrazine groups is 1. The first-order valence-electron chi connectivity index (χ1n) is 5.97. The molecule has 0 heterocycles. The maximum atomic E-state index is 14.0. The molecule has 0 bridgehead atoms. The third-order valence-electron chi connectivity index (χ3n) is 3.05. The fourth-order valence-corrected chi connectivity index (χ4v) is 2.35. The molecule has 0 fully saturated rings. The molecule has 7 heteroatoms. The Balaban J connectivity index is 2.36. The van der Waals surface area contributed by atoms with E-state index in [1.807, 2.05) is 0 Å². The van der Waals surface area contributed by atoms with Crippen molar-refractivity contribution in [2.75, 3.05) is 0 Å². The highest BCUT2D eigenvalue weighted by Gasteiger charge is 2.22. The molecule has 1 atom stereocenters. The van der Waals surface area contributed by atoms with Gasteiger partial charge in [-0.05, 0) is 52.2 Å². The second-order valence-corrected chi connectivity index (χ2v) is 5.28. The van der Waals surface area contributed by atoms with E-state index in [9.17, 15) is 17.6 Å². The monoisotopic (exact) mass is 362 g/mol. The highest BCUT2D eigenvalue weighted by atomic mass is 79.9. The smallest absolute Gasteiger partial charge is 0.159 e. The lowest BCUT2D eigenvalue weighted by Crippen LogP contribution is -2.31. The second-order valence-electron chi connectivity index (χ2n) is 4.43. The van der Waals surface area contributed by atoms with Gasteiger partial charge in [0.05, 0.1) is 10.5 Å². The van der Waals surface area contributed by atoms with Crippen LogP contribution in [0.4, 0.5) is 17.6 Å². The number of rotatable bonds is 4. The lowest BCUT2D eigenvalue weighted by atomic mass is 9.98. The highest BCUT2D eigenvalue weighted by molar-refractivity contribution is 9.10. The minimum Gasteiger partial charge on any atom is -0.271 e. The summed E-state index contributed by atoms with van der Waals surface area (Å²) in [6.45, 7) is 0. The lowest BCUT2D eigenvalue weighted by Gasteiger charge is -2.18. The van der Waals surface area contributed by atoms with Gasteiger partial charge in [0, 0.05) is 5.56 Å². The Morgan fingerprint density at radius 2 is 1.67 bits per heavy atom. The summed E-state index contributed by atoms with van der Waals surface area (Å²) in [5.74, 6) is 1.75. The summed E-state index contributed by atoms with van der Waals surface area (Å²) < 4.78 is 54.0. The summed E-state index contributed by atoms with van der Waals surface area (Å²) in [5.41, 5.74) is 2.38. The van der Waals surface area contributed by atoms with E-state index in [-0.39, 0.29) is 16.5 Å². The van der Waals surface area contributed by atoms with Crippen LogP contribution in [0.1, 0.15) is 17.2 Å². The van der Waals surface area contributed by atoms with Crippen molar-refractivity contribution in [3.8, 4) is 0 Å². The summed E-state index contributed by atoms with van der Waals surface area (Å²) in [6, 6.07) is 4.65. The van der Waals surface area contributed by atoms with Crippen molar-refractivity contribution in [2.24, 2.45) is 5.84 Å². The minimum absolute atomic E-state index is 0.00199. The van der Waals surface area contributed by atoms with Crippen LogP contribution in [0.3, 0.4) is 0 Å². The standard InChI is InChI=1S/C14H11BrF4N2/c15-8-2-4-10(17)13(14(8)19)12(21-20)6-7-1-3-9(16)11(18)5-7/h1-5,12,21H,6,20H2. The van der Waals surface area contributed by atoms with Crippen LogP contribution in [0.25, 0.3) is 0 Å². The SMILES string of the molecule is NNC(Cc1ccc(F)c(F)c1)c1c(F)ccc(Br)c1F. The van der Waals surface area contributed by atoms with E-state index < -0.39 is 29.3 Å². The molecular formula is C14H11BrF4N2. The average Bonchev–Trinajstić information content (AvgIpc) is 2.46. The van der Waals surface area contributed by atoms with Gasteiger partial charge < -0.3 is 0 Å². The maximum Gasteiger partial charge on any atom is 0.159 e. The van der Waals surface area contributed by atoms with Crippen LogP contribution in [-0.2, 0) is 6.42 Å². The zero-order valence-electron chi connectivity index (χ0n) is 10.6. The third kappa shape index (κ3) is 3.42. The average molecular weight is 363 g/mol. The molecule has 2 rings (SSSR count). The van der Waals surface area contributed by atoms with E-state index >= 15 is 0 Å². The number of hydrogen-bond donors (Lipinski definition) is 2. The molecule has 0 aliphatic carbocycles. The summed E-state index contributed by atoms with van der Waals surface area (Å²) in [4.78, 5) is 0. The molecule has 0 saturated heterocycles. The molecule has 0 amide bonds. The lowest BCUT2D eigenvalue weighted by molar-refractivity contribution is 0.467. The van der Waals surface area contributed by atoms with Crippen molar-refractivity contribution < 1.29 is 17.6 Å². The van der Waals surface area contributed by atoms with Gasteiger partial charge in [0.2, 0.25) is 0 Å².